The SMILES string of the molecule is CC/C=C\C/C=C\C/C=C\C/C=C\C/C=C\C/C=C\CCCCCCCCCCC(=O)OCC(COC(=O)CCCCCCCC)OC(=O)CCCCCCCCCCCCCCC. The Labute approximate surface area is 395 Å². The Balaban J connectivity index is 4.13. The molecule has 0 aliphatic rings. The fraction of sp³-hybridized carbons (Fsp3) is 0.741. The standard InChI is InChI=1S/C58H100O6/c1-4-7-10-13-16-18-20-22-23-24-25-26-27-28-29-30-31-32-33-34-35-37-38-40-42-45-48-51-57(60)63-54-55(53-62-56(59)50-47-44-15-12-9-6-3)64-58(61)52-49-46-43-41-39-36-21-19-17-14-11-8-5-2/h7,10,16,18,22-23,25-26,28-29,31-32,55H,4-6,8-9,11-15,17,19-21,24,27,30,33-54H2,1-3H3/b10-7-,18-16-,23-22-,26-25-,29-28-,32-31-. The second-order valence-electron chi connectivity index (χ2n) is 17.8. The third kappa shape index (κ3) is 49.9. The van der Waals surface area contributed by atoms with E-state index in [9.17, 15) is 14.4 Å². The first-order chi connectivity index (χ1) is 31.5. The molecule has 64 heavy (non-hydrogen) atoms. The van der Waals surface area contributed by atoms with Crippen LogP contribution in [0.4, 0.5) is 0 Å². The van der Waals surface area contributed by atoms with E-state index < -0.39 is 6.10 Å². The zero-order valence-electron chi connectivity index (χ0n) is 42.0. The van der Waals surface area contributed by atoms with Crippen LogP contribution >= 0.6 is 0 Å². The van der Waals surface area contributed by atoms with Crippen LogP contribution in [0, 0.1) is 0 Å². The number of hydrogen-bond acceptors (Lipinski definition) is 6. The Kier molecular flexibility index (Phi) is 49.9. The molecule has 0 radical (unpaired) electrons. The van der Waals surface area contributed by atoms with Gasteiger partial charge in [-0.15, -0.1) is 0 Å². The van der Waals surface area contributed by atoms with Crippen molar-refractivity contribution >= 4 is 17.9 Å². The third-order valence-corrected chi connectivity index (χ3v) is 11.5. The molecule has 0 aromatic rings. The van der Waals surface area contributed by atoms with Crippen LogP contribution in [0.3, 0.4) is 0 Å². The highest BCUT2D eigenvalue weighted by Gasteiger charge is 2.19. The van der Waals surface area contributed by atoms with Gasteiger partial charge in [0.2, 0.25) is 0 Å². The molecule has 0 amide bonds. The molecule has 1 unspecified atom stereocenters. The highest BCUT2D eigenvalue weighted by atomic mass is 16.6. The Morgan fingerprint density at radius 1 is 0.328 bits per heavy atom. The van der Waals surface area contributed by atoms with Crippen molar-refractivity contribution in [2.24, 2.45) is 0 Å². The minimum absolute atomic E-state index is 0.0757. The van der Waals surface area contributed by atoms with Crippen molar-refractivity contribution in [1.82, 2.24) is 0 Å². The van der Waals surface area contributed by atoms with Crippen LogP contribution in [0.5, 0.6) is 0 Å². The molecule has 0 rings (SSSR count). The molecular weight excluding hydrogens is 793 g/mol. The number of allylic oxidation sites excluding steroid dienone is 12. The molecule has 0 bridgehead atoms. The maximum Gasteiger partial charge on any atom is 0.306 e. The van der Waals surface area contributed by atoms with Gasteiger partial charge in [0.25, 0.3) is 0 Å². The molecule has 1 atom stereocenters. The van der Waals surface area contributed by atoms with Gasteiger partial charge in [0, 0.05) is 19.3 Å². The lowest BCUT2D eigenvalue weighted by atomic mass is 10.0. The van der Waals surface area contributed by atoms with Crippen molar-refractivity contribution in [3.8, 4) is 0 Å². The summed E-state index contributed by atoms with van der Waals surface area (Å²) in [4.78, 5) is 37.7. The lowest BCUT2D eigenvalue weighted by Gasteiger charge is -2.18. The Hall–Kier alpha value is -3.15. The van der Waals surface area contributed by atoms with Gasteiger partial charge >= 0.3 is 17.9 Å². The molecule has 0 spiro atoms. The summed E-state index contributed by atoms with van der Waals surface area (Å²) in [7, 11) is 0. The largest absolute Gasteiger partial charge is 0.462 e. The predicted molar refractivity (Wildman–Crippen MR) is 274 cm³/mol. The topological polar surface area (TPSA) is 78.9 Å². The quantitative estimate of drug-likeness (QED) is 0.0262. The molecule has 0 aromatic heterocycles. The highest BCUT2D eigenvalue weighted by molar-refractivity contribution is 5.71. The van der Waals surface area contributed by atoms with E-state index in [0.717, 1.165) is 103 Å². The molecule has 6 heteroatoms. The van der Waals surface area contributed by atoms with Gasteiger partial charge in [-0.2, -0.15) is 0 Å². The van der Waals surface area contributed by atoms with Crippen LogP contribution in [0.15, 0.2) is 72.9 Å². The Morgan fingerprint density at radius 2 is 0.609 bits per heavy atom. The summed E-state index contributed by atoms with van der Waals surface area (Å²) < 4.78 is 16.7. The molecule has 0 aromatic carbocycles. The number of hydrogen-bond donors (Lipinski definition) is 0. The molecule has 0 N–H and O–H groups in total. The summed E-state index contributed by atoms with van der Waals surface area (Å²) in [6.45, 7) is 6.46. The zero-order valence-corrected chi connectivity index (χ0v) is 42.0. The Morgan fingerprint density at radius 3 is 0.953 bits per heavy atom. The number of rotatable bonds is 48. The lowest BCUT2D eigenvalue weighted by molar-refractivity contribution is -0.167. The monoisotopic (exact) mass is 893 g/mol. The van der Waals surface area contributed by atoms with E-state index in [1.807, 2.05) is 0 Å². The van der Waals surface area contributed by atoms with Crippen molar-refractivity contribution in [3.63, 3.8) is 0 Å². The van der Waals surface area contributed by atoms with Crippen molar-refractivity contribution in [2.45, 2.75) is 264 Å². The Bertz CT molecular complexity index is 1210. The smallest absolute Gasteiger partial charge is 0.306 e. The second kappa shape index (κ2) is 52.5. The average Bonchev–Trinajstić information content (AvgIpc) is 3.29. The summed E-state index contributed by atoms with van der Waals surface area (Å²) in [5.74, 6) is -0.889. The average molecular weight is 893 g/mol. The van der Waals surface area contributed by atoms with E-state index in [4.69, 9.17) is 14.2 Å². The number of carbonyl (C=O) groups is 3. The fourth-order valence-electron chi connectivity index (χ4n) is 7.45. The van der Waals surface area contributed by atoms with Gasteiger partial charge in [-0.05, 0) is 70.6 Å². The first-order valence-electron chi connectivity index (χ1n) is 26.9. The van der Waals surface area contributed by atoms with Gasteiger partial charge in [-0.1, -0.05) is 241 Å². The molecule has 0 aliphatic carbocycles. The maximum atomic E-state index is 12.7. The summed E-state index contributed by atoms with van der Waals surface area (Å²) >= 11 is 0. The summed E-state index contributed by atoms with van der Waals surface area (Å²) in [5, 5.41) is 0. The highest BCUT2D eigenvalue weighted by Crippen LogP contribution is 2.15. The van der Waals surface area contributed by atoms with Crippen LogP contribution in [0.1, 0.15) is 258 Å². The third-order valence-electron chi connectivity index (χ3n) is 11.5. The minimum atomic E-state index is -0.772. The number of unbranched alkanes of at least 4 members (excludes halogenated alkanes) is 25. The van der Waals surface area contributed by atoms with Gasteiger partial charge in [-0.3, -0.25) is 14.4 Å². The molecule has 0 aliphatic heterocycles. The van der Waals surface area contributed by atoms with Gasteiger partial charge in [0.15, 0.2) is 6.10 Å². The maximum absolute atomic E-state index is 12.7. The zero-order chi connectivity index (χ0) is 46.5. The first kappa shape index (κ1) is 60.9. The van der Waals surface area contributed by atoms with Crippen molar-refractivity contribution < 1.29 is 28.6 Å². The van der Waals surface area contributed by atoms with Crippen LogP contribution in [-0.2, 0) is 28.6 Å². The second-order valence-corrected chi connectivity index (χ2v) is 17.8. The summed E-state index contributed by atoms with van der Waals surface area (Å²) in [5.41, 5.74) is 0. The van der Waals surface area contributed by atoms with Crippen molar-refractivity contribution in [1.29, 1.82) is 0 Å². The van der Waals surface area contributed by atoms with Crippen LogP contribution in [0.2, 0.25) is 0 Å². The number of ether oxygens (including phenoxy) is 3. The van der Waals surface area contributed by atoms with E-state index in [0.29, 0.717) is 19.3 Å². The van der Waals surface area contributed by atoms with E-state index in [2.05, 4.69) is 93.7 Å². The molecule has 0 saturated heterocycles. The molecule has 0 fully saturated rings. The normalized spacial score (nSPS) is 12.6. The fourth-order valence-corrected chi connectivity index (χ4v) is 7.45. The lowest BCUT2D eigenvalue weighted by Crippen LogP contribution is -2.30. The van der Waals surface area contributed by atoms with E-state index in [-0.39, 0.29) is 31.1 Å². The molecule has 6 nitrogen and oxygen atoms in total. The molecule has 0 heterocycles. The van der Waals surface area contributed by atoms with Gasteiger partial charge in [-0.25, -0.2) is 0 Å². The molecular formula is C58H100O6. The summed E-state index contributed by atoms with van der Waals surface area (Å²) in [6, 6.07) is 0. The number of carbonyl (C=O) groups excluding carboxylic acids is 3. The van der Waals surface area contributed by atoms with Gasteiger partial charge in [0.1, 0.15) is 13.2 Å². The van der Waals surface area contributed by atoms with Crippen molar-refractivity contribution in [3.05, 3.63) is 72.9 Å². The van der Waals surface area contributed by atoms with E-state index in [1.54, 1.807) is 0 Å². The van der Waals surface area contributed by atoms with Crippen LogP contribution < -0.4 is 0 Å². The molecule has 0 saturated carbocycles. The van der Waals surface area contributed by atoms with Gasteiger partial charge in [0.05, 0.1) is 0 Å². The molecule has 368 valence electrons. The first-order valence-corrected chi connectivity index (χ1v) is 26.9. The van der Waals surface area contributed by atoms with Crippen molar-refractivity contribution in [2.75, 3.05) is 13.2 Å². The summed E-state index contributed by atoms with van der Waals surface area (Å²) in [6.07, 6.45) is 66.3. The van der Waals surface area contributed by atoms with E-state index in [1.165, 1.54) is 116 Å². The number of esters is 3. The van der Waals surface area contributed by atoms with Gasteiger partial charge < -0.3 is 14.2 Å². The predicted octanol–water partition coefficient (Wildman–Crippen LogP) is 17.8. The van der Waals surface area contributed by atoms with Crippen LogP contribution in [0.25, 0.3) is 0 Å². The minimum Gasteiger partial charge on any atom is -0.462 e. The van der Waals surface area contributed by atoms with Crippen LogP contribution in [-0.4, -0.2) is 37.2 Å². The van der Waals surface area contributed by atoms with E-state index >= 15 is 0 Å².